The maximum Gasteiger partial charge on any atom is 0.115 e. The first-order valence-corrected chi connectivity index (χ1v) is 5.83. The quantitative estimate of drug-likeness (QED) is 0.697. The number of aromatic nitrogens is 2. The van der Waals surface area contributed by atoms with Gasteiger partial charge in [0.2, 0.25) is 0 Å². The van der Waals surface area contributed by atoms with Crippen molar-refractivity contribution in [2.24, 2.45) is 7.05 Å². The molecule has 0 radical (unpaired) electrons. The number of phenolic OH excluding ortho intramolecular Hbond substituents is 1. The van der Waals surface area contributed by atoms with Crippen LogP contribution in [0, 0.1) is 0 Å². The number of hydrogen-bond donors (Lipinski definition) is 1. The fourth-order valence-corrected chi connectivity index (χ4v) is 2.72. The second-order valence-corrected chi connectivity index (χ2v) is 4.57. The van der Waals surface area contributed by atoms with Crippen molar-refractivity contribution in [1.82, 2.24) is 9.78 Å². The number of phenols is 1. The zero-order chi connectivity index (χ0) is 11.1. The van der Waals surface area contributed by atoms with Gasteiger partial charge in [-0.1, -0.05) is 0 Å². The number of hydrogen-bond acceptors (Lipinski definition) is 3. The van der Waals surface area contributed by atoms with Crippen LogP contribution in [0.25, 0.3) is 21.5 Å². The van der Waals surface area contributed by atoms with Gasteiger partial charge in [-0.2, -0.15) is 5.10 Å². The minimum Gasteiger partial charge on any atom is -0.508 e. The summed E-state index contributed by atoms with van der Waals surface area (Å²) in [4.78, 5) is 0. The summed E-state index contributed by atoms with van der Waals surface area (Å²) >= 11 is 1.69. The van der Waals surface area contributed by atoms with Gasteiger partial charge in [0, 0.05) is 12.6 Å². The number of aryl methyl sites for hydroxylation is 1. The predicted octanol–water partition coefficient (Wildman–Crippen LogP) is 3.01. The molecule has 4 heteroatoms. The third-order valence-corrected chi connectivity index (χ3v) is 3.51. The van der Waals surface area contributed by atoms with Gasteiger partial charge in [0.05, 0.1) is 10.2 Å². The molecule has 16 heavy (non-hydrogen) atoms. The third-order valence-electron chi connectivity index (χ3n) is 2.60. The van der Waals surface area contributed by atoms with Crippen molar-refractivity contribution >= 4 is 21.6 Å². The lowest BCUT2D eigenvalue weighted by Crippen LogP contribution is -1.89. The largest absolute Gasteiger partial charge is 0.508 e. The second kappa shape index (κ2) is 3.35. The normalized spacial score (nSPS) is 11.1. The Morgan fingerprint density at radius 3 is 2.69 bits per heavy atom. The molecule has 0 saturated carbocycles. The Hall–Kier alpha value is -1.81. The highest BCUT2D eigenvalue weighted by molar-refractivity contribution is 7.17. The Morgan fingerprint density at radius 1 is 1.19 bits per heavy atom. The average molecular weight is 230 g/mol. The van der Waals surface area contributed by atoms with Crippen LogP contribution in [0.4, 0.5) is 0 Å². The molecule has 3 aromatic rings. The van der Waals surface area contributed by atoms with Gasteiger partial charge >= 0.3 is 0 Å². The smallest absolute Gasteiger partial charge is 0.115 e. The van der Waals surface area contributed by atoms with E-state index in [2.05, 4.69) is 16.5 Å². The molecule has 80 valence electrons. The number of benzene rings is 1. The highest BCUT2D eigenvalue weighted by Gasteiger charge is 2.11. The Morgan fingerprint density at radius 2 is 1.94 bits per heavy atom. The van der Waals surface area contributed by atoms with Gasteiger partial charge in [-0.3, -0.25) is 4.68 Å². The first-order valence-electron chi connectivity index (χ1n) is 4.95. The Bertz CT molecular complexity index is 637. The topological polar surface area (TPSA) is 38.0 Å². The molecule has 0 aliphatic rings. The van der Waals surface area contributed by atoms with E-state index in [4.69, 9.17) is 0 Å². The van der Waals surface area contributed by atoms with Gasteiger partial charge < -0.3 is 5.11 Å². The first-order chi connectivity index (χ1) is 7.75. The van der Waals surface area contributed by atoms with E-state index < -0.39 is 0 Å². The molecule has 0 atom stereocenters. The van der Waals surface area contributed by atoms with Gasteiger partial charge in [-0.25, -0.2) is 0 Å². The van der Waals surface area contributed by atoms with Crippen LogP contribution in [0.1, 0.15) is 0 Å². The van der Waals surface area contributed by atoms with Gasteiger partial charge in [-0.05, 0) is 35.7 Å². The van der Waals surface area contributed by atoms with Crippen molar-refractivity contribution in [1.29, 1.82) is 0 Å². The summed E-state index contributed by atoms with van der Waals surface area (Å²) in [5.74, 6) is 0.280. The van der Waals surface area contributed by atoms with Crippen molar-refractivity contribution in [2.75, 3.05) is 0 Å². The summed E-state index contributed by atoms with van der Waals surface area (Å²) in [5.41, 5.74) is 3.16. The van der Waals surface area contributed by atoms with E-state index in [0.717, 1.165) is 16.8 Å². The van der Waals surface area contributed by atoms with Crippen molar-refractivity contribution in [3.05, 3.63) is 35.7 Å². The van der Waals surface area contributed by atoms with Gasteiger partial charge in [0.15, 0.2) is 0 Å². The molecule has 0 spiro atoms. The number of rotatable bonds is 1. The molecule has 0 unspecified atom stereocenters. The summed E-state index contributed by atoms with van der Waals surface area (Å²) in [7, 11) is 1.94. The molecule has 0 aliphatic heterocycles. The number of fused-ring (bicyclic) bond motifs is 1. The van der Waals surface area contributed by atoms with E-state index in [1.54, 1.807) is 23.5 Å². The van der Waals surface area contributed by atoms with Crippen LogP contribution < -0.4 is 0 Å². The summed E-state index contributed by atoms with van der Waals surface area (Å²) < 4.78 is 3.07. The highest BCUT2D eigenvalue weighted by atomic mass is 32.1. The van der Waals surface area contributed by atoms with E-state index in [1.165, 1.54) is 4.70 Å². The van der Waals surface area contributed by atoms with Gasteiger partial charge in [0.25, 0.3) is 0 Å². The van der Waals surface area contributed by atoms with Gasteiger partial charge in [-0.15, -0.1) is 11.3 Å². The molecule has 0 fully saturated rings. The monoisotopic (exact) mass is 230 g/mol. The molecular formula is C12H10N2OS. The lowest BCUT2D eigenvalue weighted by Gasteiger charge is -1.96. The Balaban J connectivity index is 2.25. The summed E-state index contributed by atoms with van der Waals surface area (Å²) in [6.07, 6.45) is 0. The van der Waals surface area contributed by atoms with E-state index in [9.17, 15) is 5.11 Å². The fraction of sp³-hybridized carbons (Fsp3) is 0.0833. The van der Waals surface area contributed by atoms with Crippen LogP contribution in [0.15, 0.2) is 35.7 Å². The maximum absolute atomic E-state index is 9.26. The SMILES string of the molecule is Cn1nc(-c2ccc(O)cc2)c2sccc21. The van der Waals surface area contributed by atoms with Crippen molar-refractivity contribution in [3.63, 3.8) is 0 Å². The molecule has 1 aromatic carbocycles. The van der Waals surface area contributed by atoms with Crippen LogP contribution >= 0.6 is 11.3 Å². The summed E-state index contributed by atoms with van der Waals surface area (Å²) in [6, 6.07) is 9.21. The zero-order valence-corrected chi connectivity index (χ0v) is 9.53. The van der Waals surface area contributed by atoms with E-state index >= 15 is 0 Å². The lowest BCUT2D eigenvalue weighted by atomic mass is 10.1. The van der Waals surface area contributed by atoms with E-state index in [1.807, 2.05) is 23.9 Å². The third kappa shape index (κ3) is 1.31. The highest BCUT2D eigenvalue weighted by Crippen LogP contribution is 2.32. The molecule has 0 amide bonds. The molecule has 2 heterocycles. The average Bonchev–Trinajstić information content (AvgIpc) is 2.84. The zero-order valence-electron chi connectivity index (χ0n) is 8.71. The Kier molecular flexibility index (Phi) is 1.97. The van der Waals surface area contributed by atoms with Crippen LogP contribution in [-0.2, 0) is 7.05 Å². The lowest BCUT2D eigenvalue weighted by molar-refractivity contribution is 0.475. The predicted molar refractivity (Wildman–Crippen MR) is 65.7 cm³/mol. The maximum atomic E-state index is 9.26. The minimum atomic E-state index is 0.280. The van der Waals surface area contributed by atoms with Crippen molar-refractivity contribution < 1.29 is 5.11 Å². The molecule has 0 bridgehead atoms. The molecule has 0 aliphatic carbocycles. The molecule has 2 aromatic heterocycles. The van der Waals surface area contributed by atoms with Crippen LogP contribution in [0.3, 0.4) is 0 Å². The second-order valence-electron chi connectivity index (χ2n) is 3.65. The summed E-state index contributed by atoms with van der Waals surface area (Å²) in [6.45, 7) is 0. The molecule has 1 N–H and O–H groups in total. The minimum absolute atomic E-state index is 0.280. The fourth-order valence-electron chi connectivity index (χ4n) is 1.79. The van der Waals surface area contributed by atoms with Crippen molar-refractivity contribution in [3.8, 4) is 17.0 Å². The Labute approximate surface area is 96.6 Å². The van der Waals surface area contributed by atoms with Crippen LogP contribution in [-0.4, -0.2) is 14.9 Å². The molecule has 0 saturated heterocycles. The van der Waals surface area contributed by atoms with Gasteiger partial charge in [0.1, 0.15) is 11.4 Å². The van der Waals surface area contributed by atoms with Crippen molar-refractivity contribution in [2.45, 2.75) is 0 Å². The van der Waals surface area contributed by atoms with Crippen LogP contribution in [0.2, 0.25) is 0 Å². The van der Waals surface area contributed by atoms with Crippen LogP contribution in [0.5, 0.6) is 5.75 Å². The number of aromatic hydroxyl groups is 1. The molecule has 3 nitrogen and oxygen atoms in total. The molecular weight excluding hydrogens is 220 g/mol. The standard InChI is InChI=1S/C12H10N2OS/c1-14-10-6-7-16-12(10)11(13-14)8-2-4-9(15)5-3-8/h2-7,15H,1H3. The van der Waals surface area contributed by atoms with E-state index in [-0.39, 0.29) is 5.75 Å². The number of nitrogens with zero attached hydrogens (tertiary/aromatic N) is 2. The molecule has 3 rings (SSSR count). The number of thiophene rings is 1. The van der Waals surface area contributed by atoms with E-state index in [0.29, 0.717) is 0 Å². The first kappa shape index (κ1) is 9.42. The summed E-state index contributed by atoms with van der Waals surface area (Å²) in [5, 5.41) is 15.8.